The quantitative estimate of drug-likeness (QED) is 0.565. The summed E-state index contributed by atoms with van der Waals surface area (Å²) in [7, 11) is -3.98. The highest BCUT2D eigenvalue weighted by Crippen LogP contribution is 2.25. The summed E-state index contributed by atoms with van der Waals surface area (Å²) in [4.78, 5) is 20.2. The summed E-state index contributed by atoms with van der Waals surface area (Å²) in [5.41, 5.74) is -0.186. The molecule has 1 aromatic carbocycles. The van der Waals surface area contributed by atoms with Gasteiger partial charge in [0.2, 0.25) is 10.0 Å². The molecule has 10 nitrogen and oxygen atoms in total. The molecule has 1 aliphatic rings. The number of para-hydroxylation sites is 1. The Morgan fingerprint density at radius 2 is 1.93 bits per heavy atom. The average Bonchev–Trinajstić information content (AvgIpc) is 2.72. The van der Waals surface area contributed by atoms with Gasteiger partial charge in [0.15, 0.2) is 16.4 Å². The van der Waals surface area contributed by atoms with Crippen LogP contribution in [-0.4, -0.2) is 42.9 Å². The van der Waals surface area contributed by atoms with Gasteiger partial charge >= 0.3 is 0 Å². The summed E-state index contributed by atoms with van der Waals surface area (Å²) in [6, 6.07) is 7.29. The SMILES string of the molecule is N#Cc1nccnc1N1CCC(CNS(=O)(=O)c2ccccc2[N+](=O)[O-])CC1. The van der Waals surface area contributed by atoms with Gasteiger partial charge in [0.1, 0.15) is 6.07 Å². The Kier molecular flexibility index (Phi) is 5.81. The minimum Gasteiger partial charge on any atom is -0.354 e. The normalized spacial score (nSPS) is 15.2. The van der Waals surface area contributed by atoms with Gasteiger partial charge in [-0.3, -0.25) is 10.1 Å². The van der Waals surface area contributed by atoms with Crippen LogP contribution in [0.4, 0.5) is 11.5 Å². The zero-order valence-corrected chi connectivity index (χ0v) is 15.7. The van der Waals surface area contributed by atoms with Gasteiger partial charge in [0.05, 0.1) is 4.92 Å². The number of rotatable bonds is 6. The van der Waals surface area contributed by atoms with Gasteiger partial charge < -0.3 is 4.90 Å². The summed E-state index contributed by atoms with van der Waals surface area (Å²) < 4.78 is 27.5. The maximum Gasteiger partial charge on any atom is 0.289 e. The molecule has 0 unspecified atom stereocenters. The Morgan fingerprint density at radius 3 is 2.61 bits per heavy atom. The Labute approximate surface area is 162 Å². The zero-order valence-electron chi connectivity index (χ0n) is 14.9. The van der Waals surface area contributed by atoms with Crippen molar-refractivity contribution in [2.75, 3.05) is 24.5 Å². The first-order valence-corrected chi connectivity index (χ1v) is 10.1. The first kappa shape index (κ1) is 19.7. The standard InChI is InChI=1S/C17H18N6O4S/c18-11-14-17(20-8-7-19-14)22-9-5-13(6-10-22)12-21-28(26,27)16-4-2-1-3-15(16)23(24)25/h1-4,7-8,13,21H,5-6,9-10,12H2. The third kappa shape index (κ3) is 4.24. The lowest BCUT2D eigenvalue weighted by atomic mass is 9.97. The molecule has 146 valence electrons. The third-order valence-corrected chi connectivity index (χ3v) is 6.08. The van der Waals surface area contributed by atoms with E-state index in [1.54, 1.807) is 0 Å². The number of benzene rings is 1. The number of nitro benzene ring substituents is 1. The predicted octanol–water partition coefficient (Wildman–Crippen LogP) is 1.45. The molecule has 0 spiro atoms. The summed E-state index contributed by atoms with van der Waals surface area (Å²) in [6.45, 7) is 1.42. The largest absolute Gasteiger partial charge is 0.354 e. The molecule has 0 radical (unpaired) electrons. The number of nitriles is 1. The molecule has 1 fully saturated rings. The number of hydrogen-bond donors (Lipinski definition) is 1. The van der Waals surface area contributed by atoms with E-state index in [1.807, 2.05) is 11.0 Å². The smallest absolute Gasteiger partial charge is 0.289 e. The molecule has 2 heterocycles. The lowest BCUT2D eigenvalue weighted by Crippen LogP contribution is -2.39. The summed E-state index contributed by atoms with van der Waals surface area (Å²) >= 11 is 0. The number of nitro groups is 1. The van der Waals surface area contributed by atoms with E-state index in [0.29, 0.717) is 31.7 Å². The second kappa shape index (κ2) is 8.28. The lowest BCUT2D eigenvalue weighted by Gasteiger charge is -2.32. The lowest BCUT2D eigenvalue weighted by molar-refractivity contribution is -0.387. The van der Waals surface area contributed by atoms with Crippen LogP contribution < -0.4 is 9.62 Å². The maximum atomic E-state index is 12.5. The zero-order chi connectivity index (χ0) is 20.1. The monoisotopic (exact) mass is 402 g/mol. The number of piperidine rings is 1. The van der Waals surface area contributed by atoms with E-state index >= 15 is 0 Å². The molecular formula is C17H18N6O4S. The highest BCUT2D eigenvalue weighted by Gasteiger charge is 2.27. The predicted molar refractivity (Wildman–Crippen MR) is 100.0 cm³/mol. The van der Waals surface area contributed by atoms with E-state index in [0.717, 1.165) is 0 Å². The number of hydrogen-bond acceptors (Lipinski definition) is 8. The van der Waals surface area contributed by atoms with E-state index in [9.17, 15) is 18.5 Å². The third-order valence-electron chi connectivity index (χ3n) is 4.61. The highest BCUT2D eigenvalue weighted by atomic mass is 32.2. The molecule has 2 aromatic rings. The molecule has 1 aromatic heterocycles. The molecule has 3 rings (SSSR count). The minimum absolute atomic E-state index is 0.0796. The summed E-state index contributed by atoms with van der Waals surface area (Å²) in [6.07, 6.45) is 4.39. The van der Waals surface area contributed by atoms with E-state index in [4.69, 9.17) is 5.26 Å². The molecule has 11 heteroatoms. The Bertz CT molecular complexity index is 1010. The molecule has 0 bridgehead atoms. The summed E-state index contributed by atoms with van der Waals surface area (Å²) in [5.74, 6) is 0.611. The second-order valence-corrected chi connectivity index (χ2v) is 8.08. The fourth-order valence-electron chi connectivity index (χ4n) is 3.13. The van der Waals surface area contributed by atoms with Crippen molar-refractivity contribution < 1.29 is 13.3 Å². The van der Waals surface area contributed by atoms with Gasteiger partial charge in [-0.2, -0.15) is 5.26 Å². The van der Waals surface area contributed by atoms with Crippen LogP contribution in [0.2, 0.25) is 0 Å². The Hall–Kier alpha value is -3.10. The van der Waals surface area contributed by atoms with Crippen LogP contribution in [0.5, 0.6) is 0 Å². The van der Waals surface area contributed by atoms with Crippen molar-refractivity contribution >= 4 is 21.5 Å². The van der Waals surface area contributed by atoms with Gasteiger partial charge in [0.25, 0.3) is 5.69 Å². The van der Waals surface area contributed by atoms with Gasteiger partial charge in [-0.15, -0.1) is 0 Å². The first-order valence-electron chi connectivity index (χ1n) is 8.61. The molecule has 0 atom stereocenters. The number of nitrogens with one attached hydrogen (secondary N) is 1. The van der Waals surface area contributed by atoms with Crippen LogP contribution in [0.15, 0.2) is 41.6 Å². The van der Waals surface area contributed by atoms with E-state index in [2.05, 4.69) is 14.7 Å². The van der Waals surface area contributed by atoms with Gasteiger partial charge in [-0.1, -0.05) is 12.1 Å². The van der Waals surface area contributed by atoms with Crippen LogP contribution in [0.25, 0.3) is 0 Å². The fraction of sp³-hybridized carbons (Fsp3) is 0.353. The molecule has 0 aliphatic carbocycles. The van der Waals surface area contributed by atoms with Crippen LogP contribution in [0.3, 0.4) is 0 Å². The number of nitrogens with zero attached hydrogens (tertiary/aromatic N) is 5. The molecule has 28 heavy (non-hydrogen) atoms. The van der Waals surface area contributed by atoms with Crippen molar-refractivity contribution in [2.45, 2.75) is 17.7 Å². The highest BCUT2D eigenvalue weighted by molar-refractivity contribution is 7.89. The second-order valence-electron chi connectivity index (χ2n) is 6.35. The van der Waals surface area contributed by atoms with Crippen molar-refractivity contribution in [3.05, 3.63) is 52.5 Å². The minimum atomic E-state index is -3.98. The van der Waals surface area contributed by atoms with Crippen molar-refractivity contribution in [1.29, 1.82) is 5.26 Å². The van der Waals surface area contributed by atoms with E-state index in [-0.39, 0.29) is 23.1 Å². The van der Waals surface area contributed by atoms with E-state index in [1.165, 1.54) is 36.7 Å². The van der Waals surface area contributed by atoms with Crippen LogP contribution in [0, 0.1) is 27.4 Å². The van der Waals surface area contributed by atoms with Gasteiger partial charge in [-0.25, -0.2) is 23.1 Å². The van der Waals surface area contributed by atoms with Gasteiger partial charge in [-0.05, 0) is 24.8 Å². The van der Waals surface area contributed by atoms with Gasteiger partial charge in [0, 0.05) is 38.1 Å². The Morgan fingerprint density at radius 1 is 1.25 bits per heavy atom. The molecule has 1 N–H and O–H groups in total. The van der Waals surface area contributed by atoms with Crippen LogP contribution >= 0.6 is 0 Å². The molecule has 1 aliphatic heterocycles. The maximum absolute atomic E-state index is 12.5. The van der Waals surface area contributed by atoms with Crippen molar-refractivity contribution in [2.24, 2.45) is 5.92 Å². The molecular weight excluding hydrogens is 384 g/mol. The first-order chi connectivity index (χ1) is 13.4. The number of anilines is 1. The van der Waals surface area contributed by atoms with Crippen molar-refractivity contribution in [3.8, 4) is 6.07 Å². The number of aromatic nitrogens is 2. The number of sulfonamides is 1. The summed E-state index contributed by atoms with van der Waals surface area (Å²) in [5, 5.41) is 20.2. The average molecular weight is 402 g/mol. The molecule has 0 amide bonds. The van der Waals surface area contributed by atoms with E-state index < -0.39 is 20.6 Å². The topological polar surface area (TPSA) is 142 Å². The van der Waals surface area contributed by atoms with Crippen LogP contribution in [0.1, 0.15) is 18.5 Å². The van der Waals surface area contributed by atoms with Crippen molar-refractivity contribution in [3.63, 3.8) is 0 Å². The Balaban J connectivity index is 1.61. The van der Waals surface area contributed by atoms with Crippen molar-refractivity contribution in [1.82, 2.24) is 14.7 Å². The van der Waals surface area contributed by atoms with Crippen LogP contribution in [-0.2, 0) is 10.0 Å². The fourth-order valence-corrected chi connectivity index (χ4v) is 4.42. The molecule has 1 saturated heterocycles. The molecule has 0 saturated carbocycles.